The Bertz CT molecular complexity index is 884. The van der Waals surface area contributed by atoms with Gasteiger partial charge in [0.15, 0.2) is 0 Å². The molecule has 1 aromatic heterocycles. The molecule has 0 unspecified atom stereocenters. The summed E-state index contributed by atoms with van der Waals surface area (Å²) < 4.78 is 33.1. The van der Waals surface area contributed by atoms with Crippen LogP contribution in [0, 0.1) is 34.3 Å². The van der Waals surface area contributed by atoms with Gasteiger partial charge < -0.3 is 15.5 Å². The minimum atomic E-state index is -1.09. The fourth-order valence-electron chi connectivity index (χ4n) is 2.00. The van der Waals surface area contributed by atoms with Crippen LogP contribution in [0.15, 0.2) is 16.9 Å². The third kappa shape index (κ3) is 2.23. The van der Waals surface area contributed by atoms with E-state index in [0.29, 0.717) is 0 Å². The summed E-state index contributed by atoms with van der Waals surface area (Å²) in [5.74, 6) is -2.64. The fraction of sp³-hybridized carbons (Fsp3) is 0.0714. The lowest BCUT2D eigenvalue weighted by Crippen LogP contribution is -2.17. The average molecular weight is 302 g/mol. The van der Waals surface area contributed by atoms with Crippen LogP contribution >= 0.6 is 0 Å². The first kappa shape index (κ1) is 15.0. The van der Waals surface area contributed by atoms with Crippen molar-refractivity contribution in [1.82, 2.24) is 4.98 Å². The maximum absolute atomic E-state index is 14.2. The number of nitrogens with zero attached hydrogens (tertiary/aromatic N) is 2. The van der Waals surface area contributed by atoms with Crippen LogP contribution in [-0.2, 0) is 0 Å². The van der Waals surface area contributed by atoms with Crippen molar-refractivity contribution >= 4 is 5.82 Å². The van der Waals surface area contributed by atoms with E-state index in [1.54, 1.807) is 6.07 Å². The molecule has 3 N–H and O–H groups in total. The van der Waals surface area contributed by atoms with Crippen molar-refractivity contribution in [3.05, 3.63) is 45.2 Å². The molecule has 0 fully saturated rings. The summed E-state index contributed by atoms with van der Waals surface area (Å²) in [6.45, 7) is 0. The van der Waals surface area contributed by atoms with Crippen LogP contribution in [0.25, 0.3) is 11.1 Å². The molecule has 1 aromatic carbocycles. The minimum absolute atomic E-state index is 0.0893. The first-order valence-electron chi connectivity index (χ1n) is 5.84. The molecule has 0 aliphatic rings. The van der Waals surface area contributed by atoms with Crippen LogP contribution in [0.3, 0.4) is 0 Å². The molecule has 6 nitrogen and oxygen atoms in total. The van der Waals surface area contributed by atoms with Gasteiger partial charge in [0.05, 0.1) is 12.7 Å². The van der Waals surface area contributed by atoms with Gasteiger partial charge in [0.1, 0.15) is 46.5 Å². The molecular formula is C14H8F2N4O2. The first-order valence-corrected chi connectivity index (χ1v) is 5.84. The third-order valence-corrected chi connectivity index (χ3v) is 2.97. The number of hydrogen-bond donors (Lipinski definition) is 2. The highest BCUT2D eigenvalue weighted by molar-refractivity contribution is 5.81. The first-order chi connectivity index (χ1) is 10.4. The average Bonchev–Trinajstić information content (AvgIpc) is 2.46. The summed E-state index contributed by atoms with van der Waals surface area (Å²) in [4.78, 5) is 13.8. The Hall–Kier alpha value is -3.39. The van der Waals surface area contributed by atoms with Gasteiger partial charge in [-0.15, -0.1) is 0 Å². The van der Waals surface area contributed by atoms with Gasteiger partial charge >= 0.3 is 0 Å². The number of pyridine rings is 1. The van der Waals surface area contributed by atoms with Gasteiger partial charge in [-0.05, 0) is 0 Å². The molecule has 0 bridgehead atoms. The van der Waals surface area contributed by atoms with Crippen LogP contribution in [0.1, 0.15) is 11.1 Å². The smallest absolute Gasteiger partial charge is 0.268 e. The Labute approximate surface area is 123 Å². The number of anilines is 1. The van der Waals surface area contributed by atoms with Gasteiger partial charge in [-0.3, -0.25) is 4.79 Å². The molecule has 1 heterocycles. The Morgan fingerprint density at radius 2 is 1.68 bits per heavy atom. The van der Waals surface area contributed by atoms with E-state index in [4.69, 9.17) is 21.0 Å². The Morgan fingerprint density at radius 1 is 1.14 bits per heavy atom. The molecular weight excluding hydrogens is 294 g/mol. The Kier molecular flexibility index (Phi) is 3.78. The number of hydrogen-bond acceptors (Lipinski definition) is 5. The van der Waals surface area contributed by atoms with Crippen molar-refractivity contribution < 1.29 is 13.5 Å². The standard InChI is InChI=1S/C14H8F2N4O2/c1-22-6-2-9(15)12(10(16)3-6)11-7(4-17)13(19)20-14(21)8(11)5-18/h2-3H,1H3,(H3,19,20,21). The highest BCUT2D eigenvalue weighted by Gasteiger charge is 2.24. The van der Waals surface area contributed by atoms with E-state index in [1.165, 1.54) is 13.2 Å². The molecule has 8 heteroatoms. The number of aromatic amines is 1. The lowest BCUT2D eigenvalue weighted by Gasteiger charge is -2.11. The predicted octanol–water partition coefficient (Wildman–Crippen LogP) is 1.65. The molecule has 110 valence electrons. The van der Waals surface area contributed by atoms with E-state index in [0.717, 1.165) is 12.1 Å². The van der Waals surface area contributed by atoms with Crippen molar-refractivity contribution in [2.75, 3.05) is 12.8 Å². The number of benzene rings is 1. The molecule has 0 atom stereocenters. The maximum atomic E-state index is 14.2. The van der Waals surface area contributed by atoms with Crippen LogP contribution in [0.4, 0.5) is 14.6 Å². The summed E-state index contributed by atoms with van der Waals surface area (Å²) in [6, 6.07) is 4.92. The van der Waals surface area contributed by atoms with Crippen LogP contribution in [0.2, 0.25) is 0 Å². The van der Waals surface area contributed by atoms with E-state index in [2.05, 4.69) is 4.98 Å². The largest absolute Gasteiger partial charge is 0.497 e. The van der Waals surface area contributed by atoms with Crippen molar-refractivity contribution in [3.63, 3.8) is 0 Å². The molecule has 0 aliphatic heterocycles. The highest BCUT2D eigenvalue weighted by Crippen LogP contribution is 2.34. The zero-order valence-corrected chi connectivity index (χ0v) is 11.2. The van der Waals surface area contributed by atoms with Gasteiger partial charge in [-0.1, -0.05) is 0 Å². The number of methoxy groups -OCH3 is 1. The molecule has 0 saturated carbocycles. The fourth-order valence-corrected chi connectivity index (χ4v) is 2.00. The lowest BCUT2D eigenvalue weighted by molar-refractivity contribution is 0.407. The molecule has 0 radical (unpaired) electrons. The number of nitrogens with one attached hydrogen (secondary N) is 1. The number of nitrogens with two attached hydrogens (primary N) is 1. The Morgan fingerprint density at radius 3 is 2.14 bits per heavy atom. The lowest BCUT2D eigenvalue weighted by atomic mass is 9.95. The monoisotopic (exact) mass is 302 g/mol. The second-order valence-corrected chi connectivity index (χ2v) is 4.18. The SMILES string of the molecule is COc1cc(F)c(-c2c(C#N)c(N)[nH]c(=O)c2C#N)c(F)c1. The Balaban J connectivity index is 2.99. The van der Waals surface area contributed by atoms with Crippen LogP contribution < -0.4 is 16.0 Å². The van der Waals surface area contributed by atoms with Gasteiger partial charge in [0, 0.05) is 17.7 Å². The molecule has 0 aliphatic carbocycles. The second kappa shape index (κ2) is 5.54. The highest BCUT2D eigenvalue weighted by atomic mass is 19.1. The minimum Gasteiger partial charge on any atom is -0.497 e. The molecule has 2 rings (SSSR count). The quantitative estimate of drug-likeness (QED) is 0.875. The number of halogens is 2. The molecule has 0 spiro atoms. The van der Waals surface area contributed by atoms with Crippen LogP contribution in [0.5, 0.6) is 5.75 Å². The summed E-state index contributed by atoms with van der Waals surface area (Å²) in [7, 11) is 1.22. The van der Waals surface area contributed by atoms with Crippen LogP contribution in [-0.4, -0.2) is 12.1 Å². The number of rotatable bonds is 2. The van der Waals surface area contributed by atoms with Crippen molar-refractivity contribution in [1.29, 1.82) is 10.5 Å². The zero-order chi connectivity index (χ0) is 16.4. The third-order valence-electron chi connectivity index (χ3n) is 2.97. The van der Waals surface area contributed by atoms with Gasteiger partial charge in [0.2, 0.25) is 0 Å². The van der Waals surface area contributed by atoms with E-state index in [1.807, 2.05) is 0 Å². The normalized spacial score (nSPS) is 9.86. The summed E-state index contributed by atoms with van der Waals surface area (Å²) in [5.41, 5.74) is 2.39. The second-order valence-electron chi connectivity index (χ2n) is 4.18. The molecule has 0 saturated heterocycles. The maximum Gasteiger partial charge on any atom is 0.268 e. The topological polar surface area (TPSA) is 116 Å². The van der Waals surface area contributed by atoms with Crippen molar-refractivity contribution in [2.24, 2.45) is 0 Å². The van der Waals surface area contributed by atoms with Gasteiger partial charge in [-0.2, -0.15) is 10.5 Å². The van der Waals surface area contributed by atoms with E-state index in [-0.39, 0.29) is 17.1 Å². The number of ether oxygens (including phenoxy) is 1. The number of nitrogen functional groups attached to an aromatic ring is 1. The number of aromatic nitrogens is 1. The van der Waals surface area contributed by atoms with E-state index < -0.39 is 33.9 Å². The number of nitriles is 2. The molecule has 0 amide bonds. The molecule has 22 heavy (non-hydrogen) atoms. The van der Waals surface area contributed by atoms with Crippen molar-refractivity contribution in [2.45, 2.75) is 0 Å². The summed E-state index contributed by atoms with van der Waals surface area (Å²) in [5, 5.41) is 18.2. The van der Waals surface area contributed by atoms with Gasteiger partial charge in [-0.25, -0.2) is 8.78 Å². The van der Waals surface area contributed by atoms with Gasteiger partial charge in [0.25, 0.3) is 5.56 Å². The summed E-state index contributed by atoms with van der Waals surface area (Å²) in [6.07, 6.45) is 0. The van der Waals surface area contributed by atoms with Crippen molar-refractivity contribution in [3.8, 4) is 29.0 Å². The number of H-pyrrole nitrogens is 1. The van der Waals surface area contributed by atoms with E-state index >= 15 is 0 Å². The molecule has 2 aromatic rings. The predicted molar refractivity (Wildman–Crippen MR) is 72.8 cm³/mol. The summed E-state index contributed by atoms with van der Waals surface area (Å²) >= 11 is 0. The van der Waals surface area contributed by atoms with E-state index in [9.17, 15) is 13.6 Å². The zero-order valence-electron chi connectivity index (χ0n) is 11.2.